The van der Waals surface area contributed by atoms with E-state index in [0.717, 1.165) is 0 Å². The summed E-state index contributed by atoms with van der Waals surface area (Å²) >= 11 is 0. The maximum absolute atomic E-state index is 12.3. The van der Waals surface area contributed by atoms with Crippen LogP contribution in [0, 0.1) is 0 Å². The van der Waals surface area contributed by atoms with E-state index in [1.807, 2.05) is 0 Å². The molecule has 0 N–H and O–H groups in total. The third-order valence-corrected chi connectivity index (χ3v) is 1.34. The Balaban J connectivity index is 0.00000169. The first-order valence-electron chi connectivity index (χ1n) is 3.07. The van der Waals surface area contributed by atoms with Gasteiger partial charge in [-0.15, -0.1) is 12.4 Å². The lowest BCUT2D eigenvalue weighted by Gasteiger charge is -2.10. The van der Waals surface area contributed by atoms with Crippen LogP contribution >= 0.6 is 12.4 Å². The number of hydrogen-bond acceptors (Lipinski definition) is 2. The first-order chi connectivity index (χ1) is 5.82. The summed E-state index contributed by atoms with van der Waals surface area (Å²) in [6.07, 6.45) is -4.92. The van der Waals surface area contributed by atoms with E-state index >= 15 is 0 Å². The van der Waals surface area contributed by atoms with Crippen LogP contribution in [0.4, 0.5) is 17.6 Å². The lowest BCUT2D eigenvalue weighted by atomic mass is 10.0. The summed E-state index contributed by atoms with van der Waals surface area (Å²) < 4.78 is 48.0. The fourth-order valence-corrected chi connectivity index (χ4v) is 0.757. The van der Waals surface area contributed by atoms with Gasteiger partial charge in [-0.3, -0.25) is 9.59 Å². The van der Waals surface area contributed by atoms with Gasteiger partial charge in [0.05, 0.1) is 0 Å². The minimum Gasteiger partial charge on any atom is -0.289 e. The number of allylic oxidation sites excluding steroid dienone is 4. The molecule has 0 atom stereocenters. The summed E-state index contributed by atoms with van der Waals surface area (Å²) in [4.78, 5) is 21.0. The highest BCUT2D eigenvalue weighted by molar-refractivity contribution is 6.19. The molecule has 0 saturated carbocycles. The molecule has 0 aliphatic heterocycles. The molecule has 1 aliphatic rings. The fraction of sp³-hybridized carbons (Fsp3) is 0.143. The van der Waals surface area contributed by atoms with Crippen molar-refractivity contribution in [3.63, 3.8) is 0 Å². The molecule has 0 amide bonds. The van der Waals surface area contributed by atoms with Crippen molar-refractivity contribution >= 4 is 24.0 Å². The zero-order valence-electron chi connectivity index (χ0n) is 6.39. The van der Waals surface area contributed by atoms with Crippen LogP contribution in [0.25, 0.3) is 0 Å². The number of alkyl halides is 3. The van der Waals surface area contributed by atoms with Gasteiger partial charge >= 0.3 is 6.18 Å². The highest BCUT2D eigenvalue weighted by atomic mass is 35.5. The number of carbonyl (C=O) groups is 2. The second kappa shape index (κ2) is 3.91. The van der Waals surface area contributed by atoms with Crippen LogP contribution in [0.15, 0.2) is 23.6 Å². The van der Waals surface area contributed by atoms with E-state index in [4.69, 9.17) is 0 Å². The predicted molar refractivity (Wildman–Crippen MR) is 40.6 cm³/mol. The zero-order valence-corrected chi connectivity index (χ0v) is 7.21. The van der Waals surface area contributed by atoms with Gasteiger partial charge in [0.1, 0.15) is 5.57 Å². The maximum atomic E-state index is 12.3. The van der Waals surface area contributed by atoms with Crippen molar-refractivity contribution in [1.82, 2.24) is 0 Å². The van der Waals surface area contributed by atoms with Gasteiger partial charge in [-0.05, 0) is 0 Å². The Kier molecular flexibility index (Phi) is 3.59. The van der Waals surface area contributed by atoms with Crippen LogP contribution in [-0.4, -0.2) is 17.7 Å². The van der Waals surface area contributed by atoms with Gasteiger partial charge < -0.3 is 0 Å². The molecular weight excluding hydrogens is 228 g/mol. The summed E-state index contributed by atoms with van der Waals surface area (Å²) in [5.74, 6) is -4.45. The van der Waals surface area contributed by atoms with Gasteiger partial charge in [0.15, 0.2) is 11.6 Å². The van der Waals surface area contributed by atoms with Crippen LogP contribution < -0.4 is 0 Å². The van der Waals surface area contributed by atoms with Crippen molar-refractivity contribution in [3.05, 3.63) is 23.6 Å². The minimum absolute atomic E-state index is 0. The van der Waals surface area contributed by atoms with E-state index < -0.39 is 29.1 Å². The number of rotatable bonds is 0. The lowest BCUT2D eigenvalue weighted by molar-refractivity contribution is -0.128. The van der Waals surface area contributed by atoms with Crippen molar-refractivity contribution in [2.24, 2.45) is 0 Å². The summed E-state index contributed by atoms with van der Waals surface area (Å²) in [5, 5.41) is 0. The van der Waals surface area contributed by atoms with Gasteiger partial charge in [-0.2, -0.15) is 13.2 Å². The molecular formula is C7H3ClF4O2. The molecule has 1 aliphatic carbocycles. The predicted octanol–water partition coefficient (Wildman–Crippen LogP) is 1.90. The molecule has 7 heteroatoms. The molecule has 2 nitrogen and oxygen atoms in total. The second-order valence-corrected chi connectivity index (χ2v) is 2.28. The Bertz CT molecular complexity index is 340. The van der Waals surface area contributed by atoms with Crippen LogP contribution in [-0.2, 0) is 9.59 Å². The molecule has 0 unspecified atom stereocenters. The van der Waals surface area contributed by atoms with E-state index in [2.05, 4.69) is 0 Å². The van der Waals surface area contributed by atoms with Crippen LogP contribution in [0.2, 0.25) is 0 Å². The van der Waals surface area contributed by atoms with E-state index in [9.17, 15) is 27.2 Å². The Morgan fingerprint density at radius 3 is 1.93 bits per heavy atom. The quantitative estimate of drug-likeness (QED) is 0.471. The molecule has 0 saturated heterocycles. The first kappa shape index (κ1) is 12.8. The Labute approximate surface area is 81.7 Å². The monoisotopic (exact) mass is 230 g/mol. The highest BCUT2D eigenvalue weighted by Gasteiger charge is 2.40. The van der Waals surface area contributed by atoms with Gasteiger partial charge in [-0.25, -0.2) is 4.39 Å². The van der Waals surface area contributed by atoms with E-state index in [1.165, 1.54) is 0 Å². The molecule has 14 heavy (non-hydrogen) atoms. The van der Waals surface area contributed by atoms with Crippen LogP contribution in [0.5, 0.6) is 0 Å². The molecule has 0 aromatic rings. The lowest BCUT2D eigenvalue weighted by Crippen LogP contribution is -2.23. The third kappa shape index (κ3) is 2.41. The topological polar surface area (TPSA) is 34.1 Å². The average molecular weight is 231 g/mol. The Hall–Kier alpha value is -1.17. The van der Waals surface area contributed by atoms with Gasteiger partial charge in [0, 0.05) is 12.2 Å². The highest BCUT2D eigenvalue weighted by Crippen LogP contribution is 2.29. The van der Waals surface area contributed by atoms with Crippen molar-refractivity contribution in [2.45, 2.75) is 6.18 Å². The van der Waals surface area contributed by atoms with Crippen molar-refractivity contribution < 1.29 is 27.2 Å². The third-order valence-electron chi connectivity index (χ3n) is 1.34. The molecule has 0 spiro atoms. The van der Waals surface area contributed by atoms with E-state index in [-0.39, 0.29) is 24.6 Å². The molecule has 0 fully saturated rings. The molecule has 78 valence electrons. The van der Waals surface area contributed by atoms with Gasteiger partial charge in [0.25, 0.3) is 0 Å². The first-order valence-corrected chi connectivity index (χ1v) is 3.07. The number of ketones is 2. The van der Waals surface area contributed by atoms with E-state index in [0.29, 0.717) is 0 Å². The zero-order chi connectivity index (χ0) is 10.2. The standard InChI is InChI=1S/C7H2F4O2.ClH/c8-4-2-5(12)3(1-6(4)13)7(9,10)11;/h1-2H;1H. The molecule has 0 radical (unpaired) electrons. The Morgan fingerprint density at radius 1 is 1.00 bits per heavy atom. The van der Waals surface area contributed by atoms with Gasteiger partial charge in [0.2, 0.25) is 5.78 Å². The van der Waals surface area contributed by atoms with Crippen molar-refractivity contribution in [2.75, 3.05) is 0 Å². The number of hydrogen-bond donors (Lipinski definition) is 0. The molecule has 0 aromatic carbocycles. The summed E-state index contributed by atoms with van der Waals surface area (Å²) in [5.41, 5.74) is -1.64. The molecule has 0 bridgehead atoms. The Morgan fingerprint density at radius 2 is 1.50 bits per heavy atom. The number of carbonyl (C=O) groups excluding carboxylic acids is 2. The second-order valence-electron chi connectivity index (χ2n) is 2.28. The van der Waals surface area contributed by atoms with Crippen LogP contribution in [0.3, 0.4) is 0 Å². The summed E-state index contributed by atoms with van der Waals surface area (Å²) in [7, 11) is 0. The van der Waals surface area contributed by atoms with Gasteiger partial charge in [-0.1, -0.05) is 0 Å². The summed E-state index contributed by atoms with van der Waals surface area (Å²) in [6.45, 7) is 0. The fourth-order valence-electron chi connectivity index (χ4n) is 0.757. The largest absolute Gasteiger partial charge is 0.420 e. The smallest absolute Gasteiger partial charge is 0.289 e. The van der Waals surface area contributed by atoms with Crippen LogP contribution in [0.1, 0.15) is 0 Å². The molecule has 0 heterocycles. The normalized spacial score (nSPS) is 17.1. The van der Waals surface area contributed by atoms with Crippen molar-refractivity contribution in [3.8, 4) is 0 Å². The number of halogens is 5. The average Bonchev–Trinajstić information content (AvgIpc) is 1.94. The summed E-state index contributed by atoms with van der Waals surface area (Å²) in [6, 6.07) is 0. The molecule has 0 aromatic heterocycles. The SMILES string of the molecule is Cl.O=C1C=C(C(F)(F)F)C(=O)C=C1F. The van der Waals surface area contributed by atoms with E-state index in [1.54, 1.807) is 0 Å². The van der Waals surface area contributed by atoms with Crippen molar-refractivity contribution in [1.29, 1.82) is 0 Å². The molecule has 1 rings (SSSR count). The minimum atomic E-state index is -4.91. The maximum Gasteiger partial charge on any atom is 0.420 e.